The highest BCUT2D eigenvalue weighted by molar-refractivity contribution is 5.89. The molecule has 0 bridgehead atoms. The molecule has 8 heteroatoms. The SMILES string of the molecule is C=CCn1c(=O)c2c(ncn2Cc2cccc(C(=O)OC)c2)n(-c2ccc(C)cc2)c1=O. The highest BCUT2D eigenvalue weighted by atomic mass is 16.5. The Bertz CT molecular complexity index is 1440. The van der Waals surface area contributed by atoms with Crippen LogP contribution in [0.3, 0.4) is 0 Å². The number of rotatable bonds is 6. The number of nitrogens with zero attached hydrogens (tertiary/aromatic N) is 4. The van der Waals surface area contributed by atoms with Gasteiger partial charge >= 0.3 is 11.7 Å². The number of hydrogen-bond acceptors (Lipinski definition) is 5. The maximum Gasteiger partial charge on any atom is 0.337 e. The summed E-state index contributed by atoms with van der Waals surface area (Å²) in [6.07, 6.45) is 3.04. The van der Waals surface area contributed by atoms with Crippen molar-refractivity contribution in [3.63, 3.8) is 0 Å². The van der Waals surface area contributed by atoms with Gasteiger partial charge in [0.25, 0.3) is 5.56 Å². The van der Waals surface area contributed by atoms with Crippen molar-refractivity contribution >= 4 is 17.1 Å². The van der Waals surface area contributed by atoms with Crippen LogP contribution < -0.4 is 11.2 Å². The van der Waals surface area contributed by atoms with Crippen molar-refractivity contribution in [2.75, 3.05) is 7.11 Å². The van der Waals surface area contributed by atoms with Gasteiger partial charge in [-0.2, -0.15) is 0 Å². The molecule has 2 aromatic heterocycles. The summed E-state index contributed by atoms with van der Waals surface area (Å²) in [4.78, 5) is 42.7. The first-order valence-electron chi connectivity index (χ1n) is 10.0. The second kappa shape index (κ2) is 8.50. The van der Waals surface area contributed by atoms with E-state index in [9.17, 15) is 14.4 Å². The summed E-state index contributed by atoms with van der Waals surface area (Å²) in [7, 11) is 1.32. The molecule has 0 aliphatic carbocycles. The van der Waals surface area contributed by atoms with Crippen LogP contribution in [0.2, 0.25) is 0 Å². The molecule has 0 radical (unpaired) electrons. The van der Waals surface area contributed by atoms with E-state index in [0.717, 1.165) is 15.7 Å². The monoisotopic (exact) mass is 430 g/mol. The van der Waals surface area contributed by atoms with Gasteiger partial charge in [-0.15, -0.1) is 6.58 Å². The van der Waals surface area contributed by atoms with E-state index in [4.69, 9.17) is 4.74 Å². The molecule has 0 atom stereocenters. The molecule has 0 amide bonds. The molecule has 32 heavy (non-hydrogen) atoms. The Morgan fingerprint density at radius 2 is 1.91 bits per heavy atom. The fourth-order valence-electron chi connectivity index (χ4n) is 3.63. The van der Waals surface area contributed by atoms with Crippen molar-refractivity contribution in [3.05, 3.63) is 105 Å². The van der Waals surface area contributed by atoms with Crippen molar-refractivity contribution in [2.24, 2.45) is 0 Å². The van der Waals surface area contributed by atoms with Gasteiger partial charge in [-0.1, -0.05) is 35.9 Å². The van der Waals surface area contributed by atoms with Gasteiger partial charge in [-0.3, -0.25) is 9.36 Å². The number of hydrogen-bond donors (Lipinski definition) is 0. The largest absolute Gasteiger partial charge is 0.465 e. The molecule has 2 aromatic carbocycles. The average molecular weight is 430 g/mol. The van der Waals surface area contributed by atoms with Crippen LogP contribution in [0, 0.1) is 6.92 Å². The first kappa shape index (κ1) is 21.0. The number of fused-ring (bicyclic) bond motifs is 1. The van der Waals surface area contributed by atoms with Gasteiger partial charge in [0, 0.05) is 13.1 Å². The number of aromatic nitrogens is 4. The molecule has 0 fully saturated rings. The number of methoxy groups -OCH3 is 1. The van der Waals surface area contributed by atoms with Crippen LogP contribution in [0.15, 0.2) is 77.1 Å². The van der Waals surface area contributed by atoms with Gasteiger partial charge in [0.05, 0.1) is 24.7 Å². The Balaban J connectivity index is 1.92. The molecular weight excluding hydrogens is 408 g/mol. The Morgan fingerprint density at radius 1 is 1.16 bits per heavy atom. The minimum atomic E-state index is -0.482. The van der Waals surface area contributed by atoms with Crippen molar-refractivity contribution in [1.82, 2.24) is 18.7 Å². The minimum Gasteiger partial charge on any atom is -0.465 e. The highest BCUT2D eigenvalue weighted by Crippen LogP contribution is 2.16. The van der Waals surface area contributed by atoms with Crippen LogP contribution in [0.4, 0.5) is 0 Å². The minimum absolute atomic E-state index is 0.0719. The molecule has 4 aromatic rings. The molecule has 0 spiro atoms. The Kier molecular flexibility index (Phi) is 5.59. The molecule has 0 aliphatic heterocycles. The highest BCUT2D eigenvalue weighted by Gasteiger charge is 2.19. The lowest BCUT2D eigenvalue weighted by Crippen LogP contribution is -2.39. The van der Waals surface area contributed by atoms with Crippen molar-refractivity contribution in [3.8, 4) is 5.69 Å². The Hall–Kier alpha value is -4.20. The Morgan fingerprint density at radius 3 is 2.59 bits per heavy atom. The van der Waals surface area contributed by atoms with Gasteiger partial charge in [0.1, 0.15) is 0 Å². The Labute approximate surface area is 183 Å². The lowest BCUT2D eigenvalue weighted by atomic mass is 10.1. The first-order chi connectivity index (χ1) is 15.4. The molecule has 162 valence electrons. The van der Waals surface area contributed by atoms with Gasteiger partial charge in [-0.05, 0) is 36.8 Å². The van der Waals surface area contributed by atoms with E-state index >= 15 is 0 Å². The topological polar surface area (TPSA) is 88.1 Å². The zero-order valence-electron chi connectivity index (χ0n) is 17.8. The van der Waals surface area contributed by atoms with Crippen LogP contribution >= 0.6 is 0 Å². The summed E-state index contributed by atoms with van der Waals surface area (Å²) in [6.45, 7) is 5.99. The maximum absolute atomic E-state index is 13.2. The van der Waals surface area contributed by atoms with Gasteiger partial charge in [-0.25, -0.2) is 19.1 Å². The van der Waals surface area contributed by atoms with Crippen LogP contribution in [0.1, 0.15) is 21.5 Å². The van der Waals surface area contributed by atoms with E-state index in [0.29, 0.717) is 11.3 Å². The third kappa shape index (κ3) is 3.66. The quantitative estimate of drug-likeness (QED) is 0.347. The molecule has 2 heterocycles. The van der Waals surface area contributed by atoms with Crippen molar-refractivity contribution < 1.29 is 9.53 Å². The predicted octanol–water partition coefficient (Wildman–Crippen LogP) is 2.68. The number of imidazole rings is 1. The molecular formula is C24H22N4O4. The van der Waals surface area contributed by atoms with E-state index in [1.807, 2.05) is 37.3 Å². The number of carbonyl (C=O) groups is 1. The third-order valence-electron chi connectivity index (χ3n) is 5.20. The van der Waals surface area contributed by atoms with Crippen LogP contribution in [0.5, 0.6) is 0 Å². The molecule has 0 N–H and O–H groups in total. The number of ether oxygens (including phenoxy) is 1. The van der Waals surface area contributed by atoms with Crippen LogP contribution in [-0.2, 0) is 17.8 Å². The van der Waals surface area contributed by atoms with Gasteiger partial charge < -0.3 is 9.30 Å². The molecule has 0 saturated heterocycles. The predicted molar refractivity (Wildman–Crippen MR) is 121 cm³/mol. The molecule has 8 nitrogen and oxygen atoms in total. The third-order valence-corrected chi connectivity index (χ3v) is 5.20. The standard InChI is InChI=1S/C24H22N4O4/c1-4-12-27-22(29)20-21(28(24(27)31)19-10-8-16(2)9-11-19)25-15-26(20)14-17-6-5-7-18(13-17)23(30)32-3/h4-11,13,15H,1,12,14H2,2-3H3. The fourth-order valence-corrected chi connectivity index (χ4v) is 3.63. The van der Waals surface area contributed by atoms with Crippen LogP contribution in [0.25, 0.3) is 16.9 Å². The average Bonchev–Trinajstić information content (AvgIpc) is 3.20. The van der Waals surface area contributed by atoms with E-state index in [-0.39, 0.29) is 24.3 Å². The van der Waals surface area contributed by atoms with E-state index < -0.39 is 17.2 Å². The molecule has 0 aliphatic rings. The summed E-state index contributed by atoms with van der Waals surface area (Å²) < 4.78 is 9.03. The number of carbonyl (C=O) groups excluding carboxylic acids is 1. The van der Waals surface area contributed by atoms with E-state index in [1.165, 1.54) is 24.1 Å². The zero-order valence-corrected chi connectivity index (χ0v) is 17.8. The summed E-state index contributed by atoms with van der Waals surface area (Å²) in [6, 6.07) is 14.4. The number of benzene rings is 2. The number of allylic oxidation sites excluding steroid dienone is 1. The summed E-state index contributed by atoms with van der Waals surface area (Å²) >= 11 is 0. The summed E-state index contributed by atoms with van der Waals surface area (Å²) in [5.74, 6) is -0.441. The van der Waals surface area contributed by atoms with Crippen LogP contribution in [-0.4, -0.2) is 31.8 Å². The normalized spacial score (nSPS) is 10.9. The molecule has 0 unspecified atom stereocenters. The van der Waals surface area contributed by atoms with Gasteiger partial charge in [0.15, 0.2) is 11.2 Å². The second-order valence-corrected chi connectivity index (χ2v) is 7.39. The maximum atomic E-state index is 13.2. The smallest absolute Gasteiger partial charge is 0.337 e. The lowest BCUT2D eigenvalue weighted by Gasteiger charge is -2.12. The van der Waals surface area contributed by atoms with Gasteiger partial charge in [0.2, 0.25) is 0 Å². The number of esters is 1. The second-order valence-electron chi connectivity index (χ2n) is 7.39. The first-order valence-corrected chi connectivity index (χ1v) is 10.0. The molecule has 4 rings (SSSR count). The summed E-state index contributed by atoms with van der Waals surface area (Å²) in [5, 5.41) is 0. The van der Waals surface area contributed by atoms with E-state index in [1.54, 1.807) is 22.8 Å². The fraction of sp³-hybridized carbons (Fsp3) is 0.167. The van der Waals surface area contributed by atoms with E-state index in [2.05, 4.69) is 11.6 Å². The number of aryl methyl sites for hydroxylation is 1. The zero-order chi connectivity index (χ0) is 22.8. The molecule has 0 saturated carbocycles. The lowest BCUT2D eigenvalue weighted by molar-refractivity contribution is 0.0600. The summed E-state index contributed by atoms with van der Waals surface area (Å²) in [5.41, 5.74) is 2.49. The van der Waals surface area contributed by atoms with Crippen molar-refractivity contribution in [2.45, 2.75) is 20.0 Å². The van der Waals surface area contributed by atoms with Crippen molar-refractivity contribution in [1.29, 1.82) is 0 Å².